The second-order valence-electron chi connectivity index (χ2n) is 6.72. The van der Waals surface area contributed by atoms with Crippen molar-refractivity contribution in [1.82, 2.24) is 14.9 Å². The van der Waals surface area contributed by atoms with Crippen LogP contribution in [0.1, 0.15) is 39.7 Å². The normalized spacial score (nSPS) is 15.7. The molecule has 6 heteroatoms. The van der Waals surface area contributed by atoms with Crippen molar-refractivity contribution >= 4 is 28.6 Å². The van der Waals surface area contributed by atoms with E-state index in [1.54, 1.807) is 4.57 Å². The number of aromatic nitrogens is 2. The van der Waals surface area contributed by atoms with Crippen molar-refractivity contribution in [1.29, 1.82) is 0 Å². The number of nitrogens with one attached hydrogen (secondary N) is 1. The predicted octanol–water partition coefficient (Wildman–Crippen LogP) is 2.98. The molecule has 2 aromatic rings. The van der Waals surface area contributed by atoms with Crippen LogP contribution >= 0.6 is 11.8 Å². The summed E-state index contributed by atoms with van der Waals surface area (Å²) < 4.78 is 1.78. The Morgan fingerprint density at radius 3 is 2.71 bits per heavy atom. The summed E-state index contributed by atoms with van der Waals surface area (Å²) >= 11 is 1.37. The number of nitrogens with zero attached hydrogens (tertiary/aromatic N) is 2. The third kappa shape index (κ3) is 3.64. The average Bonchev–Trinajstić information content (AvgIpc) is 3.37. The average molecular weight is 345 g/mol. The number of carbonyl (C=O) groups is 1. The second kappa shape index (κ2) is 6.97. The number of hydrogen-bond acceptors (Lipinski definition) is 4. The fourth-order valence-electron chi connectivity index (χ4n) is 2.52. The van der Waals surface area contributed by atoms with Crippen molar-refractivity contribution in [3.8, 4) is 0 Å². The molecule has 0 aliphatic heterocycles. The molecule has 1 saturated carbocycles. The zero-order chi connectivity index (χ0) is 17.3. The van der Waals surface area contributed by atoms with Crippen molar-refractivity contribution in [2.45, 2.75) is 50.1 Å². The van der Waals surface area contributed by atoms with Gasteiger partial charge in [0, 0.05) is 12.6 Å². The molecule has 1 aromatic heterocycles. The van der Waals surface area contributed by atoms with E-state index in [4.69, 9.17) is 0 Å². The van der Waals surface area contributed by atoms with Gasteiger partial charge in [-0.3, -0.25) is 14.2 Å². The lowest BCUT2D eigenvalue weighted by Crippen LogP contribution is -2.34. The summed E-state index contributed by atoms with van der Waals surface area (Å²) in [6.45, 7) is 6.64. The van der Waals surface area contributed by atoms with Crippen LogP contribution in [0.4, 0.5) is 0 Å². The molecule has 1 fully saturated rings. The molecule has 24 heavy (non-hydrogen) atoms. The van der Waals surface area contributed by atoms with E-state index < -0.39 is 0 Å². The SMILES string of the molecule is CC(C)CNC(=O)[C@H](C)Sc1nc2ccccc2c(=O)n1C1CC1. The molecule has 1 aliphatic rings. The molecule has 5 nitrogen and oxygen atoms in total. The number of carbonyl (C=O) groups excluding carboxylic acids is 1. The first-order chi connectivity index (χ1) is 11.5. The Morgan fingerprint density at radius 2 is 2.04 bits per heavy atom. The molecule has 0 saturated heterocycles. The van der Waals surface area contributed by atoms with Gasteiger partial charge in [0.05, 0.1) is 16.2 Å². The minimum Gasteiger partial charge on any atom is -0.355 e. The van der Waals surface area contributed by atoms with Crippen LogP contribution in [0.3, 0.4) is 0 Å². The van der Waals surface area contributed by atoms with Gasteiger partial charge < -0.3 is 5.32 Å². The van der Waals surface area contributed by atoms with Crippen molar-refractivity contribution in [3.63, 3.8) is 0 Å². The lowest BCUT2D eigenvalue weighted by atomic mass is 10.2. The van der Waals surface area contributed by atoms with Crippen LogP contribution in [0.2, 0.25) is 0 Å². The van der Waals surface area contributed by atoms with E-state index in [9.17, 15) is 9.59 Å². The fourth-order valence-corrected chi connectivity index (χ4v) is 3.53. The lowest BCUT2D eigenvalue weighted by molar-refractivity contribution is -0.120. The molecule has 1 N–H and O–H groups in total. The molecule has 0 unspecified atom stereocenters. The van der Waals surface area contributed by atoms with E-state index in [0.29, 0.717) is 28.5 Å². The number of hydrogen-bond donors (Lipinski definition) is 1. The Labute approximate surface area is 145 Å². The van der Waals surface area contributed by atoms with Crippen LogP contribution in [-0.2, 0) is 4.79 Å². The summed E-state index contributed by atoms with van der Waals surface area (Å²) in [6.07, 6.45) is 2.00. The zero-order valence-electron chi connectivity index (χ0n) is 14.3. The van der Waals surface area contributed by atoms with Gasteiger partial charge in [-0.2, -0.15) is 0 Å². The smallest absolute Gasteiger partial charge is 0.262 e. The van der Waals surface area contributed by atoms with Gasteiger partial charge >= 0.3 is 0 Å². The fraction of sp³-hybridized carbons (Fsp3) is 0.500. The van der Waals surface area contributed by atoms with E-state index >= 15 is 0 Å². The van der Waals surface area contributed by atoms with E-state index in [1.165, 1.54) is 11.8 Å². The largest absolute Gasteiger partial charge is 0.355 e. The summed E-state index contributed by atoms with van der Waals surface area (Å²) in [5, 5.41) is 3.94. The maximum atomic E-state index is 12.8. The van der Waals surface area contributed by atoms with Gasteiger partial charge in [0.2, 0.25) is 5.91 Å². The standard InChI is InChI=1S/C18H23N3O2S/c1-11(2)10-19-16(22)12(3)24-18-20-15-7-5-4-6-14(15)17(23)21(18)13-8-9-13/h4-7,11-13H,8-10H2,1-3H3,(H,19,22)/t12-/m0/s1. The third-order valence-electron chi connectivity index (χ3n) is 4.02. The van der Waals surface area contributed by atoms with Gasteiger partial charge in [0.15, 0.2) is 5.16 Å². The molecule has 1 aromatic carbocycles. The molecule has 1 atom stereocenters. The van der Waals surface area contributed by atoms with Crippen molar-refractivity contribution < 1.29 is 4.79 Å². The van der Waals surface area contributed by atoms with E-state index in [1.807, 2.05) is 31.2 Å². The molecular weight excluding hydrogens is 322 g/mol. The van der Waals surface area contributed by atoms with Gasteiger partial charge in [-0.25, -0.2) is 4.98 Å². The van der Waals surface area contributed by atoms with Gasteiger partial charge in [-0.1, -0.05) is 37.7 Å². The van der Waals surface area contributed by atoms with E-state index in [0.717, 1.165) is 12.8 Å². The summed E-state index contributed by atoms with van der Waals surface area (Å²) in [5.41, 5.74) is 0.692. The highest BCUT2D eigenvalue weighted by Gasteiger charge is 2.30. The Bertz CT molecular complexity index is 812. The predicted molar refractivity (Wildman–Crippen MR) is 97.4 cm³/mol. The molecule has 1 amide bonds. The summed E-state index contributed by atoms with van der Waals surface area (Å²) in [5.74, 6) is 0.396. The molecule has 1 heterocycles. The number of thioether (sulfide) groups is 1. The van der Waals surface area contributed by atoms with Crippen molar-refractivity contribution in [2.24, 2.45) is 5.92 Å². The first-order valence-corrected chi connectivity index (χ1v) is 9.31. The maximum Gasteiger partial charge on any atom is 0.262 e. The quantitative estimate of drug-likeness (QED) is 0.646. The van der Waals surface area contributed by atoms with Crippen molar-refractivity contribution in [2.75, 3.05) is 6.54 Å². The van der Waals surface area contributed by atoms with Gasteiger partial charge in [0.1, 0.15) is 0 Å². The summed E-state index contributed by atoms with van der Waals surface area (Å²) in [4.78, 5) is 29.7. The van der Waals surface area contributed by atoms with Gasteiger partial charge in [0.25, 0.3) is 5.56 Å². The van der Waals surface area contributed by atoms with E-state index in [-0.39, 0.29) is 22.8 Å². The Kier molecular flexibility index (Phi) is 4.94. The summed E-state index contributed by atoms with van der Waals surface area (Å²) in [6, 6.07) is 7.63. The van der Waals surface area contributed by atoms with Crippen LogP contribution in [0.5, 0.6) is 0 Å². The van der Waals surface area contributed by atoms with Crippen LogP contribution < -0.4 is 10.9 Å². The number of fused-ring (bicyclic) bond motifs is 1. The Balaban J connectivity index is 1.89. The molecule has 1 aliphatic carbocycles. The molecule has 0 radical (unpaired) electrons. The first-order valence-electron chi connectivity index (χ1n) is 8.43. The number of benzene rings is 1. The zero-order valence-corrected chi connectivity index (χ0v) is 15.1. The van der Waals surface area contributed by atoms with E-state index in [2.05, 4.69) is 24.1 Å². The Morgan fingerprint density at radius 1 is 1.33 bits per heavy atom. The molecule has 128 valence electrons. The minimum absolute atomic E-state index is 0.000360. The minimum atomic E-state index is -0.290. The maximum absolute atomic E-state index is 12.8. The highest BCUT2D eigenvalue weighted by atomic mass is 32.2. The highest BCUT2D eigenvalue weighted by molar-refractivity contribution is 8.00. The first kappa shape index (κ1) is 17.0. The topological polar surface area (TPSA) is 64.0 Å². The van der Waals surface area contributed by atoms with Crippen LogP contribution in [0.25, 0.3) is 10.9 Å². The summed E-state index contributed by atoms with van der Waals surface area (Å²) in [7, 11) is 0. The van der Waals surface area contributed by atoms with Crippen LogP contribution in [0.15, 0.2) is 34.2 Å². The van der Waals surface area contributed by atoms with Crippen LogP contribution in [-0.4, -0.2) is 27.3 Å². The third-order valence-corrected chi connectivity index (χ3v) is 5.09. The number of amides is 1. The molecule has 0 spiro atoms. The van der Waals surface area contributed by atoms with Gasteiger partial charge in [-0.05, 0) is 37.8 Å². The second-order valence-corrected chi connectivity index (χ2v) is 8.02. The number of rotatable bonds is 6. The monoisotopic (exact) mass is 345 g/mol. The molecular formula is C18H23N3O2S. The molecule has 0 bridgehead atoms. The molecule has 3 rings (SSSR count). The highest BCUT2D eigenvalue weighted by Crippen LogP contribution is 2.37. The van der Waals surface area contributed by atoms with Crippen LogP contribution in [0, 0.1) is 5.92 Å². The lowest BCUT2D eigenvalue weighted by Gasteiger charge is -2.16. The Hall–Kier alpha value is -1.82. The van der Waals surface area contributed by atoms with Crippen molar-refractivity contribution in [3.05, 3.63) is 34.6 Å². The van der Waals surface area contributed by atoms with Gasteiger partial charge in [-0.15, -0.1) is 0 Å². The number of para-hydroxylation sites is 1.